The van der Waals surface area contributed by atoms with Crippen molar-refractivity contribution in [1.29, 1.82) is 0 Å². The second-order valence-electron chi connectivity index (χ2n) is 8.00. The first-order valence-corrected chi connectivity index (χ1v) is 11.6. The smallest absolute Gasteiger partial charge is 0.100 e. The number of nitrogens with zero attached hydrogens (tertiary/aromatic N) is 3. The minimum Gasteiger partial charge on any atom is -0.303 e. The van der Waals surface area contributed by atoms with Crippen molar-refractivity contribution < 1.29 is 0 Å². The van der Waals surface area contributed by atoms with E-state index >= 15 is 0 Å². The number of fused-ring (bicyclic) bond motifs is 1. The monoisotopic (exact) mass is 401 g/mol. The molecule has 0 aliphatic carbocycles. The molecule has 0 unspecified atom stereocenters. The van der Waals surface area contributed by atoms with E-state index in [0.29, 0.717) is 0 Å². The Morgan fingerprint density at radius 1 is 0.897 bits per heavy atom. The van der Waals surface area contributed by atoms with E-state index in [1.807, 2.05) is 6.33 Å². The lowest BCUT2D eigenvalue weighted by atomic mass is 10.0. The van der Waals surface area contributed by atoms with Crippen LogP contribution >= 0.6 is 11.3 Å². The van der Waals surface area contributed by atoms with E-state index in [1.165, 1.54) is 74.1 Å². The summed E-state index contributed by atoms with van der Waals surface area (Å²) in [6.45, 7) is 3.83. The summed E-state index contributed by atoms with van der Waals surface area (Å²) >= 11 is 1.71. The average Bonchev–Trinajstić information content (AvgIpc) is 3.44. The van der Waals surface area contributed by atoms with Crippen molar-refractivity contribution in [3.05, 3.63) is 71.2 Å². The summed E-state index contributed by atoms with van der Waals surface area (Å²) in [6, 6.07) is 17.8. The highest BCUT2D eigenvalue weighted by Crippen LogP contribution is 2.26. The number of imidazole rings is 1. The van der Waals surface area contributed by atoms with Gasteiger partial charge in [0.25, 0.3) is 0 Å². The maximum Gasteiger partial charge on any atom is 0.100 e. The molecule has 0 radical (unpaired) electrons. The molecule has 0 atom stereocenters. The van der Waals surface area contributed by atoms with Gasteiger partial charge in [-0.15, -0.1) is 0 Å². The van der Waals surface area contributed by atoms with Gasteiger partial charge in [-0.05, 0) is 85.6 Å². The predicted molar refractivity (Wildman–Crippen MR) is 123 cm³/mol. The number of aryl methyl sites for hydroxylation is 1. The predicted octanol–water partition coefficient (Wildman–Crippen LogP) is 6.17. The third-order valence-corrected chi connectivity index (χ3v) is 6.68. The fourth-order valence-corrected chi connectivity index (χ4v) is 4.97. The Kier molecular flexibility index (Phi) is 5.46. The summed E-state index contributed by atoms with van der Waals surface area (Å²) in [5.74, 6) is 0. The van der Waals surface area contributed by atoms with E-state index in [9.17, 15) is 0 Å². The summed E-state index contributed by atoms with van der Waals surface area (Å²) in [4.78, 5) is 7.25. The Balaban J connectivity index is 1.26. The molecule has 29 heavy (non-hydrogen) atoms. The fourth-order valence-electron chi connectivity index (χ4n) is 4.35. The van der Waals surface area contributed by atoms with E-state index < -0.39 is 0 Å². The number of thiophene rings is 1. The van der Waals surface area contributed by atoms with Crippen molar-refractivity contribution in [2.45, 2.75) is 32.1 Å². The second-order valence-corrected chi connectivity index (χ2v) is 8.78. The fraction of sp³-hybridized carbons (Fsp3) is 0.320. The van der Waals surface area contributed by atoms with Crippen LogP contribution in [0.1, 0.15) is 31.2 Å². The normalized spacial score (nSPS) is 15.2. The van der Waals surface area contributed by atoms with Gasteiger partial charge in [0.05, 0.1) is 16.7 Å². The zero-order valence-corrected chi connectivity index (χ0v) is 17.6. The van der Waals surface area contributed by atoms with Crippen molar-refractivity contribution in [2.75, 3.05) is 19.6 Å². The van der Waals surface area contributed by atoms with Crippen molar-refractivity contribution in [2.24, 2.45) is 0 Å². The van der Waals surface area contributed by atoms with E-state index in [2.05, 4.69) is 73.7 Å². The van der Waals surface area contributed by atoms with Gasteiger partial charge in [-0.1, -0.05) is 36.8 Å². The summed E-state index contributed by atoms with van der Waals surface area (Å²) < 4.78 is 2.15. The lowest BCUT2D eigenvalue weighted by molar-refractivity contribution is 0.226. The number of rotatable bonds is 6. The first-order chi connectivity index (χ1) is 14.4. The van der Waals surface area contributed by atoms with Gasteiger partial charge in [-0.2, -0.15) is 11.3 Å². The van der Waals surface area contributed by atoms with Gasteiger partial charge in [-0.25, -0.2) is 4.98 Å². The molecule has 4 heteroatoms. The van der Waals surface area contributed by atoms with Crippen LogP contribution in [-0.4, -0.2) is 34.1 Å². The summed E-state index contributed by atoms with van der Waals surface area (Å²) in [7, 11) is 0. The lowest BCUT2D eigenvalue weighted by Gasteiger charge is -2.26. The van der Waals surface area contributed by atoms with E-state index in [0.717, 1.165) is 11.0 Å². The molecule has 4 aromatic rings. The van der Waals surface area contributed by atoms with Gasteiger partial charge in [0.1, 0.15) is 6.33 Å². The van der Waals surface area contributed by atoms with Crippen molar-refractivity contribution in [3.8, 4) is 16.8 Å². The number of aromatic nitrogens is 2. The highest BCUT2D eigenvalue weighted by molar-refractivity contribution is 7.08. The number of piperidine rings is 1. The Labute approximate surface area is 176 Å². The SMILES string of the molecule is c1cc(-n2cnc3cc(-c4ccc(CCCN5CCCCC5)cc4)ccc32)cs1. The van der Waals surface area contributed by atoms with Crippen molar-refractivity contribution in [1.82, 2.24) is 14.5 Å². The topological polar surface area (TPSA) is 21.1 Å². The molecule has 5 rings (SSSR count). The highest BCUT2D eigenvalue weighted by atomic mass is 32.1. The van der Waals surface area contributed by atoms with E-state index in [-0.39, 0.29) is 0 Å². The standard InChI is InChI=1S/C25H27N3S/c1-2-13-27(14-3-1)15-4-5-20-6-8-21(9-7-20)22-10-11-25-24(17-22)26-19-28(25)23-12-16-29-18-23/h6-12,16-19H,1-5,13-15H2. The van der Waals surface area contributed by atoms with E-state index in [1.54, 1.807) is 11.3 Å². The molecule has 3 nitrogen and oxygen atoms in total. The van der Waals surface area contributed by atoms with Gasteiger partial charge in [0, 0.05) is 5.38 Å². The van der Waals surface area contributed by atoms with Crippen LogP contribution in [0, 0.1) is 0 Å². The maximum atomic E-state index is 4.63. The Hall–Kier alpha value is -2.43. The second kappa shape index (κ2) is 8.52. The zero-order valence-electron chi connectivity index (χ0n) is 16.8. The third kappa shape index (κ3) is 4.14. The summed E-state index contributed by atoms with van der Waals surface area (Å²) in [6.07, 6.45) is 8.52. The largest absolute Gasteiger partial charge is 0.303 e. The lowest BCUT2D eigenvalue weighted by Crippen LogP contribution is -2.30. The Morgan fingerprint density at radius 2 is 1.72 bits per heavy atom. The van der Waals surface area contributed by atoms with E-state index in [4.69, 9.17) is 0 Å². The Bertz CT molecular complexity index is 1060. The highest BCUT2D eigenvalue weighted by Gasteiger charge is 2.10. The van der Waals surface area contributed by atoms with Crippen molar-refractivity contribution in [3.63, 3.8) is 0 Å². The van der Waals surface area contributed by atoms with Gasteiger partial charge in [-0.3, -0.25) is 4.57 Å². The van der Waals surface area contributed by atoms with Crippen LogP contribution in [-0.2, 0) is 6.42 Å². The third-order valence-electron chi connectivity index (χ3n) is 6.01. The molecule has 0 saturated carbocycles. The molecule has 148 valence electrons. The molecule has 0 N–H and O–H groups in total. The molecule has 2 aromatic carbocycles. The van der Waals surface area contributed by atoms with Crippen LogP contribution in [0.5, 0.6) is 0 Å². The molecule has 1 aliphatic heterocycles. The quantitative estimate of drug-likeness (QED) is 0.385. The number of likely N-dealkylation sites (tertiary alicyclic amines) is 1. The number of hydrogen-bond donors (Lipinski definition) is 0. The van der Waals surface area contributed by atoms with Crippen LogP contribution in [0.15, 0.2) is 65.6 Å². The van der Waals surface area contributed by atoms with Crippen LogP contribution in [0.4, 0.5) is 0 Å². The molecular weight excluding hydrogens is 374 g/mol. The molecule has 1 fully saturated rings. The molecule has 0 amide bonds. The van der Waals surface area contributed by atoms with Gasteiger partial charge in [0.2, 0.25) is 0 Å². The molecule has 1 aliphatic rings. The average molecular weight is 402 g/mol. The van der Waals surface area contributed by atoms with Gasteiger partial charge in [0.15, 0.2) is 0 Å². The zero-order chi connectivity index (χ0) is 19.5. The summed E-state index contributed by atoms with van der Waals surface area (Å²) in [5.41, 5.74) is 7.30. The maximum absolute atomic E-state index is 4.63. The first kappa shape index (κ1) is 18.6. The van der Waals surface area contributed by atoms with Crippen LogP contribution < -0.4 is 0 Å². The minimum absolute atomic E-state index is 1.04. The minimum atomic E-state index is 1.04. The molecule has 0 spiro atoms. The molecule has 2 aromatic heterocycles. The first-order valence-electron chi connectivity index (χ1n) is 10.7. The molecule has 1 saturated heterocycles. The van der Waals surface area contributed by atoms with Gasteiger partial charge >= 0.3 is 0 Å². The molecule has 0 bridgehead atoms. The van der Waals surface area contributed by atoms with Crippen LogP contribution in [0.25, 0.3) is 27.8 Å². The van der Waals surface area contributed by atoms with Crippen LogP contribution in [0.2, 0.25) is 0 Å². The molecular formula is C25H27N3S. The van der Waals surface area contributed by atoms with Gasteiger partial charge < -0.3 is 4.90 Å². The Morgan fingerprint density at radius 3 is 2.52 bits per heavy atom. The van der Waals surface area contributed by atoms with Crippen LogP contribution in [0.3, 0.4) is 0 Å². The number of hydrogen-bond acceptors (Lipinski definition) is 3. The molecule has 3 heterocycles. The number of benzene rings is 2. The van der Waals surface area contributed by atoms with Crippen molar-refractivity contribution >= 4 is 22.4 Å². The summed E-state index contributed by atoms with van der Waals surface area (Å²) in [5, 5.41) is 4.25.